The van der Waals surface area contributed by atoms with Crippen molar-refractivity contribution in [2.24, 2.45) is 0 Å². The minimum absolute atomic E-state index is 0.0228. The Morgan fingerprint density at radius 1 is 1.11 bits per heavy atom. The number of hydrogen-bond acceptors (Lipinski definition) is 3. The summed E-state index contributed by atoms with van der Waals surface area (Å²) in [4.78, 5) is 23.2. The molecule has 148 valence electrons. The van der Waals surface area contributed by atoms with Crippen LogP contribution in [0.2, 0.25) is 0 Å². The molecule has 0 spiro atoms. The molecule has 2 amide bonds. The third kappa shape index (κ3) is 6.01. The molecule has 1 atom stereocenters. The van der Waals surface area contributed by atoms with Crippen LogP contribution in [-0.4, -0.2) is 36.3 Å². The standard InChI is InChI=1S/C22H26N2O4/c25-21(26)9-7-19(15-16-4-2-1-3-5-16)24-22(27)23-12-10-17-6-8-20-18(14-17)11-13-28-20/h1-6,8,14,19H,7,9-13,15H2,(H,25,26)(H2,23,24,27). The van der Waals surface area contributed by atoms with Crippen molar-refractivity contribution in [2.75, 3.05) is 13.2 Å². The van der Waals surface area contributed by atoms with Crippen LogP contribution in [-0.2, 0) is 24.1 Å². The quantitative estimate of drug-likeness (QED) is 0.622. The molecule has 6 nitrogen and oxygen atoms in total. The average molecular weight is 382 g/mol. The van der Waals surface area contributed by atoms with Crippen molar-refractivity contribution < 1.29 is 19.4 Å². The number of carbonyl (C=O) groups excluding carboxylic acids is 1. The van der Waals surface area contributed by atoms with E-state index in [0.29, 0.717) is 19.4 Å². The Bertz CT molecular complexity index is 807. The first-order valence-electron chi connectivity index (χ1n) is 9.65. The van der Waals surface area contributed by atoms with E-state index in [1.54, 1.807) is 0 Å². The maximum atomic E-state index is 12.3. The summed E-state index contributed by atoms with van der Waals surface area (Å²) in [5.41, 5.74) is 3.45. The van der Waals surface area contributed by atoms with Gasteiger partial charge in [-0.05, 0) is 42.0 Å². The highest BCUT2D eigenvalue weighted by atomic mass is 16.5. The number of ether oxygens (including phenoxy) is 1. The molecule has 1 aliphatic rings. The van der Waals surface area contributed by atoms with Gasteiger partial charge in [-0.25, -0.2) is 4.79 Å². The summed E-state index contributed by atoms with van der Waals surface area (Å²) < 4.78 is 5.51. The SMILES string of the molecule is O=C(O)CCC(Cc1ccccc1)NC(=O)NCCc1ccc2c(c1)CCO2. The molecule has 1 aliphatic heterocycles. The maximum absolute atomic E-state index is 12.3. The average Bonchev–Trinajstić information content (AvgIpc) is 3.15. The Morgan fingerprint density at radius 3 is 2.71 bits per heavy atom. The third-order valence-electron chi connectivity index (χ3n) is 4.82. The number of aliphatic carboxylic acids is 1. The fourth-order valence-electron chi connectivity index (χ4n) is 3.37. The summed E-state index contributed by atoms with van der Waals surface area (Å²) in [5, 5.41) is 14.7. The molecule has 3 rings (SSSR count). The van der Waals surface area contributed by atoms with Crippen LogP contribution in [0.3, 0.4) is 0 Å². The van der Waals surface area contributed by atoms with Gasteiger partial charge in [0.05, 0.1) is 6.61 Å². The van der Waals surface area contributed by atoms with Gasteiger partial charge in [-0.1, -0.05) is 42.5 Å². The molecule has 0 aliphatic carbocycles. The Labute approximate surface area is 164 Å². The minimum atomic E-state index is -0.860. The van der Waals surface area contributed by atoms with Gasteiger partial charge in [0.1, 0.15) is 5.75 Å². The third-order valence-corrected chi connectivity index (χ3v) is 4.82. The molecular formula is C22H26N2O4. The normalized spacial score (nSPS) is 13.3. The highest BCUT2D eigenvalue weighted by Gasteiger charge is 2.15. The van der Waals surface area contributed by atoms with Crippen LogP contribution in [0.25, 0.3) is 0 Å². The van der Waals surface area contributed by atoms with Crippen LogP contribution < -0.4 is 15.4 Å². The second kappa shape index (κ2) is 9.78. The highest BCUT2D eigenvalue weighted by Crippen LogP contribution is 2.25. The molecule has 28 heavy (non-hydrogen) atoms. The molecule has 0 radical (unpaired) electrons. The first-order chi connectivity index (χ1) is 13.6. The van der Waals surface area contributed by atoms with E-state index in [1.165, 1.54) is 5.56 Å². The van der Waals surface area contributed by atoms with Gasteiger partial charge in [0.15, 0.2) is 0 Å². The molecule has 0 saturated heterocycles. The molecule has 0 bridgehead atoms. The summed E-state index contributed by atoms with van der Waals surface area (Å²) in [6.45, 7) is 1.25. The number of carboxylic acid groups (broad SMARTS) is 1. The Kier molecular flexibility index (Phi) is 6.89. The van der Waals surface area contributed by atoms with E-state index in [9.17, 15) is 9.59 Å². The number of hydrogen-bond donors (Lipinski definition) is 3. The van der Waals surface area contributed by atoms with Crippen molar-refractivity contribution >= 4 is 12.0 Å². The summed E-state index contributed by atoms with van der Waals surface area (Å²) in [5.74, 6) is 0.0949. The van der Waals surface area contributed by atoms with Crippen molar-refractivity contribution in [3.63, 3.8) is 0 Å². The van der Waals surface area contributed by atoms with E-state index < -0.39 is 5.97 Å². The molecule has 3 N–H and O–H groups in total. The van der Waals surface area contributed by atoms with Gasteiger partial charge in [-0.2, -0.15) is 0 Å². The number of nitrogens with one attached hydrogen (secondary N) is 2. The molecule has 6 heteroatoms. The topological polar surface area (TPSA) is 87.7 Å². The minimum Gasteiger partial charge on any atom is -0.493 e. The second-order valence-corrected chi connectivity index (χ2v) is 7.01. The molecule has 2 aromatic rings. The fourth-order valence-corrected chi connectivity index (χ4v) is 3.37. The molecular weight excluding hydrogens is 356 g/mol. The van der Waals surface area contributed by atoms with Crippen LogP contribution in [0.5, 0.6) is 5.75 Å². The van der Waals surface area contributed by atoms with E-state index in [1.807, 2.05) is 42.5 Å². The van der Waals surface area contributed by atoms with Crippen molar-refractivity contribution in [3.05, 3.63) is 65.2 Å². The van der Waals surface area contributed by atoms with E-state index in [4.69, 9.17) is 9.84 Å². The van der Waals surface area contributed by atoms with Crippen molar-refractivity contribution in [2.45, 2.75) is 38.1 Å². The number of benzene rings is 2. The van der Waals surface area contributed by atoms with Gasteiger partial charge < -0.3 is 20.5 Å². The Balaban J connectivity index is 1.47. The second-order valence-electron chi connectivity index (χ2n) is 7.01. The van der Waals surface area contributed by atoms with Gasteiger partial charge in [-0.3, -0.25) is 4.79 Å². The molecule has 1 unspecified atom stereocenters. The van der Waals surface area contributed by atoms with E-state index in [0.717, 1.165) is 36.3 Å². The lowest BCUT2D eigenvalue weighted by molar-refractivity contribution is -0.137. The number of amides is 2. The lowest BCUT2D eigenvalue weighted by Crippen LogP contribution is -2.44. The predicted octanol–water partition coefficient (Wildman–Crippen LogP) is 2.94. The van der Waals surface area contributed by atoms with Crippen molar-refractivity contribution in [1.82, 2.24) is 10.6 Å². The Morgan fingerprint density at radius 2 is 1.93 bits per heavy atom. The van der Waals surface area contributed by atoms with Crippen molar-refractivity contribution in [3.8, 4) is 5.75 Å². The number of fused-ring (bicyclic) bond motifs is 1. The van der Waals surface area contributed by atoms with Gasteiger partial charge in [0.2, 0.25) is 0 Å². The van der Waals surface area contributed by atoms with Crippen LogP contribution >= 0.6 is 0 Å². The van der Waals surface area contributed by atoms with Crippen molar-refractivity contribution in [1.29, 1.82) is 0 Å². The smallest absolute Gasteiger partial charge is 0.315 e. The lowest BCUT2D eigenvalue weighted by Gasteiger charge is -2.19. The van der Waals surface area contributed by atoms with Gasteiger partial charge >= 0.3 is 12.0 Å². The number of urea groups is 1. The Hall–Kier alpha value is -3.02. The largest absolute Gasteiger partial charge is 0.493 e. The van der Waals surface area contributed by atoms with Crippen LogP contribution in [0.15, 0.2) is 48.5 Å². The fraction of sp³-hybridized carbons (Fsp3) is 0.364. The number of carbonyl (C=O) groups is 2. The van der Waals surface area contributed by atoms with Gasteiger partial charge in [0.25, 0.3) is 0 Å². The lowest BCUT2D eigenvalue weighted by atomic mass is 10.0. The molecule has 2 aromatic carbocycles. The monoisotopic (exact) mass is 382 g/mol. The predicted molar refractivity (Wildman–Crippen MR) is 107 cm³/mol. The first-order valence-corrected chi connectivity index (χ1v) is 9.65. The van der Waals surface area contributed by atoms with Crippen LogP contribution in [0.4, 0.5) is 4.79 Å². The van der Waals surface area contributed by atoms with E-state index in [-0.39, 0.29) is 18.5 Å². The zero-order valence-corrected chi connectivity index (χ0v) is 15.8. The first kappa shape index (κ1) is 19.7. The molecule has 1 heterocycles. The summed E-state index contributed by atoms with van der Waals surface area (Å²) >= 11 is 0. The number of rotatable bonds is 9. The number of carboxylic acids is 1. The summed E-state index contributed by atoms with van der Waals surface area (Å²) in [6, 6.07) is 15.4. The zero-order chi connectivity index (χ0) is 19.8. The molecule has 0 aromatic heterocycles. The summed E-state index contributed by atoms with van der Waals surface area (Å²) in [6.07, 6.45) is 2.69. The van der Waals surface area contributed by atoms with Gasteiger partial charge in [0, 0.05) is 25.4 Å². The zero-order valence-electron chi connectivity index (χ0n) is 15.8. The van der Waals surface area contributed by atoms with E-state index in [2.05, 4.69) is 16.7 Å². The summed E-state index contributed by atoms with van der Waals surface area (Å²) in [7, 11) is 0. The van der Waals surface area contributed by atoms with Crippen LogP contribution in [0, 0.1) is 0 Å². The van der Waals surface area contributed by atoms with E-state index >= 15 is 0 Å². The van der Waals surface area contributed by atoms with Crippen LogP contribution in [0.1, 0.15) is 29.5 Å². The molecule has 0 fully saturated rings. The maximum Gasteiger partial charge on any atom is 0.315 e. The highest BCUT2D eigenvalue weighted by molar-refractivity contribution is 5.74. The molecule has 0 saturated carbocycles. The van der Waals surface area contributed by atoms with Gasteiger partial charge in [-0.15, -0.1) is 0 Å².